The Hall–Kier alpha value is -1.75. The maximum Gasteiger partial charge on any atom is 0.117 e. The highest BCUT2D eigenvalue weighted by molar-refractivity contribution is 5.30. The molecule has 0 aromatic carbocycles. The molecule has 0 bridgehead atoms. The Kier molecular flexibility index (Phi) is 3.26. The van der Waals surface area contributed by atoms with Crippen molar-refractivity contribution >= 4 is 5.69 Å². The van der Waals surface area contributed by atoms with Gasteiger partial charge in [0.1, 0.15) is 5.76 Å². The molecule has 0 aliphatic carbocycles. The largest absolute Gasteiger partial charge is 0.468 e. The van der Waals surface area contributed by atoms with E-state index in [1.165, 1.54) is 0 Å². The minimum atomic E-state index is 0.702. The summed E-state index contributed by atoms with van der Waals surface area (Å²) in [6, 6.07) is 3.87. The molecule has 16 heavy (non-hydrogen) atoms. The van der Waals surface area contributed by atoms with Crippen molar-refractivity contribution in [3.05, 3.63) is 36.5 Å². The van der Waals surface area contributed by atoms with Crippen LogP contribution in [0.5, 0.6) is 0 Å². The molecular formula is C11H16N4O. The minimum absolute atomic E-state index is 0.702. The fourth-order valence-corrected chi connectivity index (χ4v) is 1.52. The van der Waals surface area contributed by atoms with Crippen LogP contribution in [0.25, 0.3) is 0 Å². The van der Waals surface area contributed by atoms with E-state index in [0.717, 1.165) is 25.4 Å². The smallest absolute Gasteiger partial charge is 0.117 e. The van der Waals surface area contributed by atoms with Crippen LogP contribution in [0.3, 0.4) is 0 Å². The number of furan rings is 1. The average Bonchev–Trinajstić information content (AvgIpc) is 2.87. The van der Waals surface area contributed by atoms with E-state index >= 15 is 0 Å². The summed E-state index contributed by atoms with van der Waals surface area (Å²) < 4.78 is 7.12. The van der Waals surface area contributed by atoms with E-state index in [-0.39, 0.29) is 0 Å². The molecule has 0 saturated carbocycles. The lowest BCUT2D eigenvalue weighted by Gasteiger charge is -2.14. The summed E-state index contributed by atoms with van der Waals surface area (Å²) in [7, 11) is 2.05. The van der Waals surface area contributed by atoms with Crippen molar-refractivity contribution < 1.29 is 4.42 Å². The number of nitrogens with zero attached hydrogens (tertiary/aromatic N) is 3. The van der Waals surface area contributed by atoms with E-state index in [0.29, 0.717) is 5.69 Å². The monoisotopic (exact) mass is 220 g/mol. The van der Waals surface area contributed by atoms with Gasteiger partial charge in [0.25, 0.3) is 0 Å². The third-order valence-corrected chi connectivity index (χ3v) is 2.37. The van der Waals surface area contributed by atoms with Crippen molar-refractivity contribution in [2.75, 3.05) is 19.3 Å². The molecule has 2 aromatic heterocycles. The lowest BCUT2D eigenvalue weighted by molar-refractivity contribution is 0.279. The molecule has 0 fully saturated rings. The van der Waals surface area contributed by atoms with Crippen LogP contribution in [0.1, 0.15) is 5.76 Å². The molecular weight excluding hydrogens is 204 g/mol. The highest BCUT2D eigenvalue weighted by Gasteiger charge is 2.03. The van der Waals surface area contributed by atoms with Crippen molar-refractivity contribution in [1.29, 1.82) is 0 Å². The average molecular weight is 220 g/mol. The Morgan fingerprint density at radius 1 is 1.56 bits per heavy atom. The first-order chi connectivity index (χ1) is 7.74. The zero-order valence-electron chi connectivity index (χ0n) is 9.34. The van der Waals surface area contributed by atoms with Crippen molar-refractivity contribution in [2.24, 2.45) is 0 Å². The number of hydrogen-bond acceptors (Lipinski definition) is 4. The Morgan fingerprint density at radius 3 is 3.06 bits per heavy atom. The molecule has 0 amide bonds. The second kappa shape index (κ2) is 4.85. The van der Waals surface area contributed by atoms with Crippen LogP contribution < -0.4 is 5.73 Å². The standard InChI is InChI=1S/C11H16N4O/c1-14(9-11-3-2-6-16-11)4-5-15-8-10(12)7-13-15/h2-3,6-8H,4-5,9,12H2,1H3. The summed E-state index contributed by atoms with van der Waals surface area (Å²) in [6.07, 6.45) is 5.19. The molecule has 5 heteroatoms. The number of anilines is 1. The first-order valence-corrected chi connectivity index (χ1v) is 5.23. The van der Waals surface area contributed by atoms with Crippen LogP contribution in [0, 0.1) is 0 Å². The zero-order valence-corrected chi connectivity index (χ0v) is 9.34. The Balaban J connectivity index is 1.77. The van der Waals surface area contributed by atoms with Crippen LogP contribution in [0.2, 0.25) is 0 Å². The number of aromatic nitrogens is 2. The Labute approximate surface area is 94.4 Å². The van der Waals surface area contributed by atoms with E-state index in [9.17, 15) is 0 Å². The molecule has 2 heterocycles. The topological polar surface area (TPSA) is 60.2 Å². The molecule has 2 rings (SSSR count). The van der Waals surface area contributed by atoms with E-state index in [1.807, 2.05) is 23.0 Å². The van der Waals surface area contributed by atoms with Crippen LogP contribution in [-0.2, 0) is 13.1 Å². The van der Waals surface area contributed by atoms with Gasteiger partial charge < -0.3 is 10.2 Å². The van der Waals surface area contributed by atoms with Crippen molar-refractivity contribution in [3.8, 4) is 0 Å². The first kappa shape index (κ1) is 10.8. The molecule has 0 saturated heterocycles. The molecule has 0 atom stereocenters. The fraction of sp³-hybridized carbons (Fsp3) is 0.364. The molecule has 0 unspecified atom stereocenters. The molecule has 86 valence electrons. The quantitative estimate of drug-likeness (QED) is 0.822. The molecule has 2 N–H and O–H groups in total. The van der Waals surface area contributed by atoms with E-state index in [2.05, 4.69) is 17.0 Å². The molecule has 0 spiro atoms. The van der Waals surface area contributed by atoms with E-state index in [1.54, 1.807) is 12.5 Å². The van der Waals surface area contributed by atoms with Crippen molar-refractivity contribution in [2.45, 2.75) is 13.1 Å². The summed E-state index contributed by atoms with van der Waals surface area (Å²) in [6.45, 7) is 2.54. The molecule has 2 aromatic rings. The van der Waals surface area contributed by atoms with Gasteiger partial charge in [-0.25, -0.2) is 0 Å². The van der Waals surface area contributed by atoms with Gasteiger partial charge in [-0.1, -0.05) is 0 Å². The lowest BCUT2D eigenvalue weighted by Crippen LogP contribution is -2.22. The highest BCUT2D eigenvalue weighted by Crippen LogP contribution is 2.04. The predicted octanol–water partition coefficient (Wildman–Crippen LogP) is 1.19. The van der Waals surface area contributed by atoms with Crippen LogP contribution in [-0.4, -0.2) is 28.3 Å². The summed E-state index contributed by atoms with van der Waals surface area (Å²) in [5.74, 6) is 0.975. The first-order valence-electron chi connectivity index (χ1n) is 5.23. The number of rotatable bonds is 5. The SMILES string of the molecule is CN(CCn1cc(N)cn1)Cc1ccco1. The summed E-state index contributed by atoms with van der Waals surface area (Å²) in [5.41, 5.74) is 6.29. The second-order valence-electron chi connectivity index (χ2n) is 3.85. The van der Waals surface area contributed by atoms with Gasteiger partial charge in [0.2, 0.25) is 0 Å². The molecule has 0 aliphatic heterocycles. The van der Waals surface area contributed by atoms with E-state index in [4.69, 9.17) is 10.2 Å². The Bertz CT molecular complexity index is 421. The number of nitrogens with two attached hydrogens (primary N) is 1. The van der Waals surface area contributed by atoms with Gasteiger partial charge in [0, 0.05) is 12.7 Å². The number of nitrogen functional groups attached to an aromatic ring is 1. The number of likely N-dealkylation sites (N-methyl/N-ethyl adjacent to an activating group) is 1. The molecule has 0 aliphatic rings. The van der Waals surface area contributed by atoms with Gasteiger partial charge in [-0.15, -0.1) is 0 Å². The maximum absolute atomic E-state index is 5.58. The van der Waals surface area contributed by atoms with Gasteiger partial charge in [-0.05, 0) is 19.2 Å². The zero-order chi connectivity index (χ0) is 11.4. The van der Waals surface area contributed by atoms with Gasteiger partial charge in [0.05, 0.1) is 31.2 Å². The van der Waals surface area contributed by atoms with Gasteiger partial charge in [0.15, 0.2) is 0 Å². The maximum atomic E-state index is 5.58. The van der Waals surface area contributed by atoms with Crippen molar-refractivity contribution in [1.82, 2.24) is 14.7 Å². The number of hydrogen-bond donors (Lipinski definition) is 1. The lowest BCUT2D eigenvalue weighted by atomic mass is 10.4. The van der Waals surface area contributed by atoms with Gasteiger partial charge in [-0.2, -0.15) is 5.10 Å². The summed E-state index contributed by atoms with van der Waals surface area (Å²) >= 11 is 0. The summed E-state index contributed by atoms with van der Waals surface area (Å²) in [5, 5.41) is 4.13. The fourth-order valence-electron chi connectivity index (χ4n) is 1.52. The molecule has 0 radical (unpaired) electrons. The normalized spacial score (nSPS) is 11.1. The predicted molar refractivity (Wildman–Crippen MR) is 61.7 cm³/mol. The van der Waals surface area contributed by atoms with Gasteiger partial charge >= 0.3 is 0 Å². The van der Waals surface area contributed by atoms with Crippen molar-refractivity contribution in [3.63, 3.8) is 0 Å². The van der Waals surface area contributed by atoms with E-state index < -0.39 is 0 Å². The minimum Gasteiger partial charge on any atom is -0.468 e. The van der Waals surface area contributed by atoms with Crippen LogP contribution in [0.15, 0.2) is 35.2 Å². The summed E-state index contributed by atoms with van der Waals surface area (Å²) in [4.78, 5) is 2.18. The second-order valence-corrected chi connectivity index (χ2v) is 3.85. The molecule has 5 nitrogen and oxygen atoms in total. The Morgan fingerprint density at radius 2 is 2.44 bits per heavy atom. The third-order valence-electron chi connectivity index (χ3n) is 2.37. The highest BCUT2D eigenvalue weighted by atomic mass is 16.3. The van der Waals surface area contributed by atoms with Crippen LogP contribution >= 0.6 is 0 Å². The third kappa shape index (κ3) is 2.87. The van der Waals surface area contributed by atoms with Gasteiger partial charge in [-0.3, -0.25) is 9.58 Å². The van der Waals surface area contributed by atoms with Crippen LogP contribution in [0.4, 0.5) is 5.69 Å².